The van der Waals surface area contributed by atoms with Crippen molar-refractivity contribution in [3.63, 3.8) is 0 Å². The number of piperidine rings is 2. The Kier molecular flexibility index (Phi) is 4.20. The molecule has 0 N–H and O–H groups in total. The molecule has 2 fully saturated rings. The molecule has 0 spiro atoms. The molecule has 2 aliphatic heterocycles. The van der Waals surface area contributed by atoms with Gasteiger partial charge in [0.15, 0.2) is 0 Å². The molecule has 90 valence electrons. The molecule has 0 aromatic rings. The average Bonchev–Trinajstić information content (AvgIpc) is 2.39. The van der Waals surface area contributed by atoms with E-state index in [1.54, 1.807) is 0 Å². The van der Waals surface area contributed by atoms with E-state index in [1.807, 2.05) is 6.92 Å². The third-order valence-electron chi connectivity index (χ3n) is 4.14. The fourth-order valence-corrected chi connectivity index (χ4v) is 3.00. The van der Waals surface area contributed by atoms with Crippen LogP contribution in [-0.2, 0) is 0 Å². The van der Waals surface area contributed by atoms with Crippen LogP contribution in [0.2, 0.25) is 0 Å². The molecular formula is C13H23N3. The van der Waals surface area contributed by atoms with Gasteiger partial charge in [-0.1, -0.05) is 6.42 Å². The summed E-state index contributed by atoms with van der Waals surface area (Å²) < 4.78 is 0. The molecule has 1 atom stereocenters. The maximum Gasteiger partial charge on any atom is 0.0949 e. The van der Waals surface area contributed by atoms with E-state index in [1.165, 1.54) is 45.2 Å². The zero-order valence-electron chi connectivity index (χ0n) is 10.4. The lowest BCUT2D eigenvalue weighted by Gasteiger charge is -2.40. The van der Waals surface area contributed by atoms with Gasteiger partial charge in [-0.25, -0.2) is 0 Å². The minimum absolute atomic E-state index is 0.0994. The first-order valence-electron chi connectivity index (χ1n) is 6.69. The first-order valence-corrected chi connectivity index (χ1v) is 6.69. The number of hydrogen-bond donors (Lipinski definition) is 0. The van der Waals surface area contributed by atoms with Crippen molar-refractivity contribution < 1.29 is 0 Å². The van der Waals surface area contributed by atoms with Gasteiger partial charge >= 0.3 is 0 Å². The molecule has 2 saturated heterocycles. The minimum atomic E-state index is 0.0994. The molecule has 2 aliphatic rings. The number of likely N-dealkylation sites (tertiary alicyclic amines) is 2. The maximum absolute atomic E-state index is 8.90. The van der Waals surface area contributed by atoms with Crippen LogP contribution in [0.3, 0.4) is 0 Å². The molecule has 3 nitrogen and oxygen atoms in total. The fourth-order valence-electron chi connectivity index (χ4n) is 3.00. The second-order valence-corrected chi connectivity index (χ2v) is 5.17. The third kappa shape index (κ3) is 2.75. The van der Waals surface area contributed by atoms with Crippen molar-refractivity contribution >= 4 is 0 Å². The Labute approximate surface area is 99.0 Å². The van der Waals surface area contributed by atoms with Crippen LogP contribution in [0.5, 0.6) is 0 Å². The molecule has 16 heavy (non-hydrogen) atoms. The lowest BCUT2D eigenvalue weighted by atomic mass is 9.99. The number of rotatable bonds is 2. The van der Waals surface area contributed by atoms with E-state index in [9.17, 15) is 0 Å². The van der Waals surface area contributed by atoms with E-state index in [0.29, 0.717) is 0 Å². The molecule has 0 aliphatic carbocycles. The smallest absolute Gasteiger partial charge is 0.0949 e. The second kappa shape index (κ2) is 5.65. The highest BCUT2D eigenvalue weighted by Crippen LogP contribution is 2.21. The Morgan fingerprint density at radius 2 is 1.69 bits per heavy atom. The molecule has 0 radical (unpaired) electrons. The van der Waals surface area contributed by atoms with E-state index in [-0.39, 0.29) is 6.04 Å². The summed E-state index contributed by atoms with van der Waals surface area (Å²) in [6, 6.07) is 3.23. The molecule has 0 amide bonds. The van der Waals surface area contributed by atoms with E-state index < -0.39 is 0 Å². The fraction of sp³-hybridized carbons (Fsp3) is 0.923. The molecule has 2 heterocycles. The predicted molar refractivity (Wildman–Crippen MR) is 65.1 cm³/mol. The zero-order chi connectivity index (χ0) is 11.4. The Morgan fingerprint density at radius 1 is 1.06 bits per heavy atom. The van der Waals surface area contributed by atoms with Gasteiger partial charge in [-0.2, -0.15) is 5.26 Å². The molecule has 0 aromatic carbocycles. The molecule has 3 heteroatoms. The predicted octanol–water partition coefficient (Wildman–Crippen LogP) is 1.85. The van der Waals surface area contributed by atoms with Gasteiger partial charge < -0.3 is 4.90 Å². The van der Waals surface area contributed by atoms with Crippen molar-refractivity contribution in [2.24, 2.45) is 0 Å². The van der Waals surface area contributed by atoms with Crippen molar-refractivity contribution in [2.75, 3.05) is 26.2 Å². The first-order chi connectivity index (χ1) is 7.81. The van der Waals surface area contributed by atoms with Crippen molar-refractivity contribution in [2.45, 2.75) is 51.1 Å². The zero-order valence-corrected chi connectivity index (χ0v) is 10.4. The van der Waals surface area contributed by atoms with E-state index >= 15 is 0 Å². The molecule has 0 bridgehead atoms. The summed E-state index contributed by atoms with van der Waals surface area (Å²) in [5.74, 6) is 0. The average molecular weight is 221 g/mol. The molecule has 2 rings (SSSR count). The van der Waals surface area contributed by atoms with Crippen LogP contribution in [0.15, 0.2) is 0 Å². The van der Waals surface area contributed by atoms with Gasteiger partial charge in [0.2, 0.25) is 0 Å². The summed E-state index contributed by atoms with van der Waals surface area (Å²) in [6.45, 7) is 6.84. The third-order valence-corrected chi connectivity index (χ3v) is 4.14. The lowest BCUT2D eigenvalue weighted by molar-refractivity contribution is 0.0856. The van der Waals surface area contributed by atoms with Crippen LogP contribution in [-0.4, -0.2) is 48.1 Å². The Morgan fingerprint density at radius 3 is 2.25 bits per heavy atom. The Hall–Kier alpha value is -0.590. The molecule has 0 aromatic heterocycles. The largest absolute Gasteiger partial charge is 0.300 e. The van der Waals surface area contributed by atoms with Crippen LogP contribution in [0.25, 0.3) is 0 Å². The van der Waals surface area contributed by atoms with Gasteiger partial charge in [0, 0.05) is 19.1 Å². The van der Waals surface area contributed by atoms with Crippen LogP contribution >= 0.6 is 0 Å². The quantitative estimate of drug-likeness (QED) is 0.713. The minimum Gasteiger partial charge on any atom is -0.300 e. The summed E-state index contributed by atoms with van der Waals surface area (Å²) in [4.78, 5) is 5.00. The topological polar surface area (TPSA) is 30.3 Å². The van der Waals surface area contributed by atoms with Crippen LogP contribution in [0, 0.1) is 11.3 Å². The summed E-state index contributed by atoms with van der Waals surface area (Å²) in [7, 11) is 0. The van der Waals surface area contributed by atoms with Crippen molar-refractivity contribution in [3.8, 4) is 6.07 Å². The van der Waals surface area contributed by atoms with Crippen molar-refractivity contribution in [1.29, 1.82) is 5.26 Å². The Balaban J connectivity index is 1.78. The summed E-state index contributed by atoms with van der Waals surface area (Å²) in [6.07, 6.45) is 6.70. The molecule has 0 saturated carbocycles. The Bertz CT molecular complexity index is 244. The second-order valence-electron chi connectivity index (χ2n) is 5.17. The SMILES string of the molecule is CC(C#N)N1CCC(N2CCCCC2)CC1. The van der Waals surface area contributed by atoms with Gasteiger partial charge in [-0.15, -0.1) is 0 Å². The van der Waals surface area contributed by atoms with E-state index in [0.717, 1.165) is 19.1 Å². The van der Waals surface area contributed by atoms with Crippen LogP contribution in [0.1, 0.15) is 39.0 Å². The highest BCUT2D eigenvalue weighted by molar-refractivity contribution is 4.91. The first kappa shape index (κ1) is 11.9. The van der Waals surface area contributed by atoms with E-state index in [2.05, 4.69) is 15.9 Å². The highest BCUT2D eigenvalue weighted by atomic mass is 15.2. The van der Waals surface area contributed by atoms with Gasteiger partial charge in [-0.05, 0) is 45.7 Å². The lowest BCUT2D eigenvalue weighted by Crippen LogP contribution is -2.48. The van der Waals surface area contributed by atoms with Crippen molar-refractivity contribution in [1.82, 2.24) is 9.80 Å². The number of nitriles is 1. The van der Waals surface area contributed by atoms with E-state index in [4.69, 9.17) is 5.26 Å². The standard InChI is InChI=1S/C13H23N3/c1-12(11-14)15-9-5-13(6-10-15)16-7-3-2-4-8-16/h12-13H,2-10H2,1H3. The number of hydrogen-bond acceptors (Lipinski definition) is 3. The maximum atomic E-state index is 8.90. The molecular weight excluding hydrogens is 198 g/mol. The van der Waals surface area contributed by atoms with Crippen LogP contribution in [0.4, 0.5) is 0 Å². The summed E-state index contributed by atoms with van der Waals surface area (Å²) in [5, 5.41) is 8.90. The van der Waals surface area contributed by atoms with Gasteiger partial charge in [0.05, 0.1) is 12.1 Å². The van der Waals surface area contributed by atoms with Gasteiger partial charge in [-0.3, -0.25) is 4.90 Å². The summed E-state index contributed by atoms with van der Waals surface area (Å²) in [5.41, 5.74) is 0. The van der Waals surface area contributed by atoms with Crippen LogP contribution < -0.4 is 0 Å². The molecule has 1 unspecified atom stereocenters. The van der Waals surface area contributed by atoms with Gasteiger partial charge in [0.25, 0.3) is 0 Å². The number of nitrogens with zero attached hydrogens (tertiary/aromatic N) is 3. The summed E-state index contributed by atoms with van der Waals surface area (Å²) >= 11 is 0. The monoisotopic (exact) mass is 221 g/mol. The highest BCUT2D eigenvalue weighted by Gasteiger charge is 2.27. The van der Waals surface area contributed by atoms with Crippen molar-refractivity contribution in [3.05, 3.63) is 0 Å². The van der Waals surface area contributed by atoms with Gasteiger partial charge in [0.1, 0.15) is 0 Å². The normalized spacial score (nSPS) is 27.5.